The Balaban J connectivity index is 1.30. The van der Waals surface area contributed by atoms with Crippen molar-refractivity contribution in [3.8, 4) is 0 Å². The molecule has 1 saturated heterocycles. The number of nitrogens with one attached hydrogen (secondary N) is 2. The van der Waals surface area contributed by atoms with Crippen molar-refractivity contribution >= 4 is 40.1 Å². The molecule has 4 aromatic rings. The fourth-order valence-electron chi connectivity index (χ4n) is 3.91. The van der Waals surface area contributed by atoms with Crippen LogP contribution in [0.3, 0.4) is 0 Å². The number of rotatable bonds is 3. The molecule has 0 bridgehead atoms. The van der Waals surface area contributed by atoms with Gasteiger partial charge in [0.05, 0.1) is 11.0 Å². The molecule has 1 aliphatic heterocycles. The van der Waals surface area contributed by atoms with Crippen LogP contribution in [0.15, 0.2) is 48.5 Å². The van der Waals surface area contributed by atoms with Crippen LogP contribution in [0.5, 0.6) is 0 Å². The minimum Gasteiger partial charge on any atom is -0.349 e. The molecule has 0 saturated carbocycles. The number of carbonyl (C=O) groups is 1. The minimum atomic E-state index is -0.00883. The maximum Gasteiger partial charge on any atom is 0.253 e. The fourth-order valence-corrected chi connectivity index (χ4v) is 3.91. The van der Waals surface area contributed by atoms with Crippen molar-refractivity contribution < 1.29 is 4.79 Å². The van der Waals surface area contributed by atoms with Crippen LogP contribution in [0.1, 0.15) is 10.4 Å². The molecule has 3 heterocycles. The Hall–Kier alpha value is -4.28. The van der Waals surface area contributed by atoms with Gasteiger partial charge in [-0.2, -0.15) is 4.52 Å². The molecule has 2 N–H and O–H groups in total. The van der Waals surface area contributed by atoms with Gasteiger partial charge in [0, 0.05) is 51.5 Å². The Morgan fingerprint density at radius 3 is 2.42 bits per heavy atom. The normalized spacial score (nSPS) is 14.0. The molecular weight excluding hydrogens is 420 g/mol. The predicted molar refractivity (Wildman–Crippen MR) is 125 cm³/mol. The number of amides is 1. The van der Waals surface area contributed by atoms with Crippen molar-refractivity contribution in [3.63, 3.8) is 0 Å². The second-order valence-electron chi connectivity index (χ2n) is 8.06. The fraction of sp³-hybridized carbons (Fsp3) is 0.273. The molecule has 2 aromatic carbocycles. The second kappa shape index (κ2) is 8.34. The summed E-state index contributed by atoms with van der Waals surface area (Å²) >= 11 is 0. The topological polar surface area (TPSA) is 119 Å². The number of tetrazole rings is 1. The molecule has 168 valence electrons. The zero-order chi connectivity index (χ0) is 22.9. The van der Waals surface area contributed by atoms with E-state index < -0.39 is 0 Å². The summed E-state index contributed by atoms with van der Waals surface area (Å²) in [7, 11) is 3.71. The summed E-state index contributed by atoms with van der Waals surface area (Å²) in [6.07, 6.45) is 0. The van der Waals surface area contributed by atoms with E-state index in [1.54, 1.807) is 21.5 Å². The van der Waals surface area contributed by atoms with E-state index >= 15 is 0 Å². The number of hydrogen-bond acceptors (Lipinski definition) is 7. The maximum atomic E-state index is 12.9. The Morgan fingerprint density at radius 1 is 1.00 bits per heavy atom. The quantitative estimate of drug-likeness (QED) is 0.362. The van der Waals surface area contributed by atoms with Gasteiger partial charge in [-0.25, -0.2) is 4.98 Å². The van der Waals surface area contributed by atoms with Gasteiger partial charge < -0.3 is 20.0 Å². The number of fused-ring (bicyclic) bond motifs is 3. The molecular formula is C22H24N10O. The van der Waals surface area contributed by atoms with Gasteiger partial charge in [0.25, 0.3) is 5.91 Å². The summed E-state index contributed by atoms with van der Waals surface area (Å²) in [6, 6.07) is 15.0. The van der Waals surface area contributed by atoms with Crippen LogP contribution in [-0.4, -0.2) is 91.9 Å². The Morgan fingerprint density at radius 2 is 1.70 bits per heavy atom. The molecule has 2 aromatic heterocycles. The number of carbonyl (C=O) groups excluding carboxylic acids is 1. The lowest BCUT2D eigenvalue weighted by Gasteiger charge is -2.37. The number of nitrogens with zero attached hydrogens (tertiary/aromatic N) is 8. The van der Waals surface area contributed by atoms with E-state index in [1.807, 2.05) is 60.3 Å². The van der Waals surface area contributed by atoms with Gasteiger partial charge >= 0.3 is 0 Å². The summed E-state index contributed by atoms with van der Waals surface area (Å²) in [5.74, 6) is 1.000. The first-order valence-corrected chi connectivity index (χ1v) is 10.7. The Labute approximate surface area is 190 Å². The molecule has 1 amide bonds. The number of benzene rings is 2. The molecule has 11 heteroatoms. The highest BCUT2D eigenvalue weighted by atomic mass is 16.2. The number of hydrogen-bond donors (Lipinski definition) is 2. The molecule has 33 heavy (non-hydrogen) atoms. The Bertz CT molecular complexity index is 1320. The van der Waals surface area contributed by atoms with Crippen LogP contribution in [0.4, 0.5) is 11.5 Å². The van der Waals surface area contributed by atoms with Crippen molar-refractivity contribution in [2.24, 2.45) is 0 Å². The second-order valence-corrected chi connectivity index (χ2v) is 8.06. The van der Waals surface area contributed by atoms with E-state index in [0.29, 0.717) is 49.2 Å². The van der Waals surface area contributed by atoms with Crippen molar-refractivity contribution in [1.29, 1.82) is 5.41 Å². The summed E-state index contributed by atoms with van der Waals surface area (Å²) < 4.78 is 1.65. The third kappa shape index (κ3) is 3.88. The molecule has 0 atom stereocenters. The zero-order valence-corrected chi connectivity index (χ0v) is 18.4. The van der Waals surface area contributed by atoms with Crippen LogP contribution >= 0.6 is 0 Å². The minimum absolute atomic E-state index is 0.00883. The molecule has 0 spiro atoms. The van der Waals surface area contributed by atoms with Gasteiger partial charge in [-0.15, -0.1) is 5.10 Å². The third-order valence-corrected chi connectivity index (χ3v) is 5.71. The van der Waals surface area contributed by atoms with Crippen molar-refractivity contribution in [2.75, 3.05) is 45.6 Å². The highest BCUT2D eigenvalue weighted by Gasteiger charge is 2.24. The smallest absolute Gasteiger partial charge is 0.253 e. The van der Waals surface area contributed by atoms with Crippen LogP contribution in [0.25, 0.3) is 16.7 Å². The highest BCUT2D eigenvalue weighted by molar-refractivity contribution is 5.95. The van der Waals surface area contributed by atoms with Crippen molar-refractivity contribution in [3.05, 3.63) is 54.1 Å². The summed E-state index contributed by atoms with van der Waals surface area (Å²) in [5, 5.41) is 23.3. The van der Waals surface area contributed by atoms with E-state index in [-0.39, 0.29) is 5.91 Å². The van der Waals surface area contributed by atoms with Gasteiger partial charge in [-0.1, -0.05) is 12.1 Å². The summed E-state index contributed by atoms with van der Waals surface area (Å²) in [5.41, 5.74) is 3.52. The molecule has 5 rings (SSSR count). The number of guanidine groups is 1. The first kappa shape index (κ1) is 20.6. The molecule has 1 aliphatic rings. The lowest BCUT2D eigenvalue weighted by atomic mass is 10.1. The van der Waals surface area contributed by atoms with E-state index in [4.69, 9.17) is 5.41 Å². The molecule has 0 aliphatic carbocycles. The van der Waals surface area contributed by atoms with Crippen molar-refractivity contribution in [1.82, 2.24) is 39.7 Å². The summed E-state index contributed by atoms with van der Waals surface area (Å²) in [6.45, 7) is 2.48. The lowest BCUT2D eigenvalue weighted by Crippen LogP contribution is -2.53. The SMILES string of the molecule is CN(C)C(=N)N1CCN(C(=O)c2ccc(Nc3nc4ccccc4n4nnnc34)cc2)CC1. The van der Waals surface area contributed by atoms with E-state index in [9.17, 15) is 4.79 Å². The third-order valence-electron chi connectivity index (χ3n) is 5.71. The molecule has 11 nitrogen and oxygen atoms in total. The van der Waals surface area contributed by atoms with Crippen LogP contribution in [0, 0.1) is 5.41 Å². The van der Waals surface area contributed by atoms with E-state index in [2.05, 4.69) is 25.8 Å². The number of para-hydroxylation sites is 2. The zero-order valence-electron chi connectivity index (χ0n) is 18.4. The number of aromatic nitrogens is 5. The Kier molecular flexibility index (Phi) is 5.21. The van der Waals surface area contributed by atoms with Gasteiger partial charge in [-0.3, -0.25) is 10.2 Å². The van der Waals surface area contributed by atoms with Crippen molar-refractivity contribution in [2.45, 2.75) is 0 Å². The molecule has 0 radical (unpaired) electrons. The van der Waals surface area contributed by atoms with Gasteiger partial charge in [0.1, 0.15) is 0 Å². The van der Waals surface area contributed by atoms with Crippen LogP contribution < -0.4 is 5.32 Å². The molecule has 0 unspecified atom stereocenters. The van der Waals surface area contributed by atoms with Crippen LogP contribution in [0.2, 0.25) is 0 Å². The van der Waals surface area contributed by atoms with Crippen LogP contribution in [-0.2, 0) is 0 Å². The number of piperazine rings is 1. The maximum absolute atomic E-state index is 12.9. The average molecular weight is 445 g/mol. The molecule has 1 fully saturated rings. The van der Waals surface area contributed by atoms with E-state index in [0.717, 1.165) is 16.7 Å². The first-order chi connectivity index (χ1) is 16.0. The van der Waals surface area contributed by atoms with Gasteiger partial charge in [-0.05, 0) is 46.8 Å². The highest BCUT2D eigenvalue weighted by Crippen LogP contribution is 2.23. The van der Waals surface area contributed by atoms with Gasteiger partial charge in [0.15, 0.2) is 11.8 Å². The summed E-state index contributed by atoms with van der Waals surface area (Å²) in [4.78, 5) is 23.2. The standard InChI is InChI=1S/C22H24N10O/c1-29(2)22(23)31-13-11-30(12-14-31)21(33)15-7-9-16(10-8-15)24-19-20-26-27-28-32(20)18-6-4-3-5-17(18)25-19/h3-10,23H,11-14H2,1-2H3,(H,24,25). The number of anilines is 2. The monoisotopic (exact) mass is 444 g/mol. The lowest BCUT2D eigenvalue weighted by molar-refractivity contribution is 0.0685. The largest absolute Gasteiger partial charge is 0.349 e. The predicted octanol–water partition coefficient (Wildman–Crippen LogP) is 1.67. The first-order valence-electron chi connectivity index (χ1n) is 10.7. The average Bonchev–Trinajstić information content (AvgIpc) is 3.34. The van der Waals surface area contributed by atoms with E-state index in [1.165, 1.54) is 0 Å². The van der Waals surface area contributed by atoms with Gasteiger partial charge in [0.2, 0.25) is 5.65 Å².